The van der Waals surface area contributed by atoms with E-state index in [1.807, 2.05) is 0 Å². The fourth-order valence-electron chi connectivity index (χ4n) is 3.81. The number of halogens is 6. The van der Waals surface area contributed by atoms with E-state index in [0.717, 1.165) is 6.07 Å². The number of rotatable bonds is 2. The Morgan fingerprint density at radius 2 is 1.20 bits per heavy atom. The molecule has 0 saturated heterocycles. The van der Waals surface area contributed by atoms with Crippen LogP contribution in [0.25, 0.3) is 0 Å². The summed E-state index contributed by atoms with van der Waals surface area (Å²) in [6.07, 6.45) is -10.2. The normalized spacial score (nSPS) is 19.3. The van der Waals surface area contributed by atoms with Crippen LogP contribution in [0.4, 0.5) is 37.7 Å². The second-order valence-electron chi connectivity index (χ2n) is 6.70. The summed E-state index contributed by atoms with van der Waals surface area (Å²) in [4.78, 5) is 3.88. The Hall–Kier alpha value is -3.29. The van der Waals surface area contributed by atoms with E-state index < -0.39 is 23.7 Å². The van der Waals surface area contributed by atoms with E-state index in [1.165, 1.54) is 78.9 Å². The Bertz CT molecular complexity index is 1070. The van der Waals surface area contributed by atoms with Crippen molar-refractivity contribution < 1.29 is 26.3 Å². The van der Waals surface area contributed by atoms with Crippen LogP contribution in [-0.4, -0.2) is 18.2 Å². The average Bonchev–Trinajstić information content (AvgIpc) is 2.72. The molecule has 3 aromatic rings. The van der Waals surface area contributed by atoms with Crippen molar-refractivity contribution in [2.45, 2.75) is 17.9 Å². The van der Waals surface area contributed by atoms with Gasteiger partial charge in [0.1, 0.15) is 0 Å². The third kappa shape index (κ3) is 2.94. The van der Waals surface area contributed by atoms with Crippen LogP contribution in [0.3, 0.4) is 0 Å². The van der Waals surface area contributed by atoms with E-state index in [2.05, 4.69) is 4.99 Å². The number of amidine groups is 1. The Morgan fingerprint density at radius 3 is 1.77 bits per heavy atom. The maximum atomic E-state index is 15.0. The Kier molecular flexibility index (Phi) is 4.60. The van der Waals surface area contributed by atoms with Gasteiger partial charge in [0.25, 0.3) is 0 Å². The van der Waals surface area contributed by atoms with E-state index >= 15 is 0 Å². The zero-order chi connectivity index (χ0) is 21.6. The molecule has 0 fully saturated rings. The lowest BCUT2D eigenvalue weighted by molar-refractivity contribution is -0.177. The van der Waals surface area contributed by atoms with Gasteiger partial charge in [-0.05, 0) is 23.8 Å². The molecule has 1 aliphatic heterocycles. The fraction of sp³-hybridized carbons (Fsp3) is 0.136. The number of anilines is 1. The quantitative estimate of drug-likeness (QED) is 0.426. The van der Waals surface area contributed by atoms with E-state index in [0.29, 0.717) is 0 Å². The lowest BCUT2D eigenvalue weighted by Gasteiger charge is -2.49. The third-order valence-corrected chi connectivity index (χ3v) is 4.94. The van der Waals surface area contributed by atoms with Crippen molar-refractivity contribution in [3.8, 4) is 0 Å². The fourth-order valence-corrected chi connectivity index (χ4v) is 3.81. The van der Waals surface area contributed by atoms with E-state index in [-0.39, 0.29) is 27.4 Å². The van der Waals surface area contributed by atoms with Gasteiger partial charge >= 0.3 is 12.4 Å². The Morgan fingerprint density at radius 1 is 0.667 bits per heavy atom. The molecule has 4 rings (SSSR count). The maximum absolute atomic E-state index is 15.0. The predicted octanol–water partition coefficient (Wildman–Crippen LogP) is 6.61. The van der Waals surface area contributed by atoms with Crippen molar-refractivity contribution in [3.05, 3.63) is 96.1 Å². The van der Waals surface area contributed by atoms with Crippen LogP contribution in [0.2, 0.25) is 0 Å². The number of alkyl halides is 6. The van der Waals surface area contributed by atoms with Gasteiger partial charge in [0.05, 0.1) is 5.69 Å². The molecule has 30 heavy (non-hydrogen) atoms. The molecule has 1 unspecified atom stereocenters. The van der Waals surface area contributed by atoms with Crippen LogP contribution in [0.5, 0.6) is 0 Å². The molecule has 0 saturated carbocycles. The summed E-state index contributed by atoms with van der Waals surface area (Å²) in [6, 6.07) is 18.4. The Labute approximate surface area is 168 Å². The van der Waals surface area contributed by atoms with Crippen LogP contribution in [-0.2, 0) is 5.54 Å². The zero-order valence-corrected chi connectivity index (χ0v) is 15.2. The predicted molar refractivity (Wildman–Crippen MR) is 102 cm³/mol. The minimum absolute atomic E-state index is 0.255. The van der Waals surface area contributed by atoms with Gasteiger partial charge in [0, 0.05) is 11.3 Å². The second-order valence-corrected chi connectivity index (χ2v) is 6.70. The summed E-state index contributed by atoms with van der Waals surface area (Å²) < 4.78 is 87.2. The third-order valence-electron chi connectivity index (χ3n) is 4.94. The number of hydrogen-bond donors (Lipinski definition) is 0. The summed E-state index contributed by atoms with van der Waals surface area (Å²) >= 11 is 0. The highest BCUT2D eigenvalue weighted by Crippen LogP contribution is 2.56. The second kappa shape index (κ2) is 6.90. The molecule has 8 heteroatoms. The highest BCUT2D eigenvalue weighted by atomic mass is 19.4. The Balaban J connectivity index is 2.20. The van der Waals surface area contributed by atoms with Crippen molar-refractivity contribution >= 4 is 17.2 Å². The molecule has 0 N–H and O–H groups in total. The molecule has 154 valence electrons. The standard InChI is InChI=1S/C22H14F6N2/c23-21(24,25)19-29-18-14-8-7-13-17(18)20(22(26,27)28,15-9-3-1-4-10-15)30(19)16-11-5-2-6-12-16/h1-14H. The van der Waals surface area contributed by atoms with Gasteiger partial charge in [-0.2, -0.15) is 26.3 Å². The molecular formula is C22H14F6N2. The van der Waals surface area contributed by atoms with Crippen LogP contribution in [0.1, 0.15) is 11.1 Å². The number of aliphatic imine (C=N–C) groups is 1. The van der Waals surface area contributed by atoms with Crippen molar-refractivity contribution in [1.29, 1.82) is 0 Å². The molecule has 0 bridgehead atoms. The molecular weight excluding hydrogens is 406 g/mol. The first-order valence-electron chi connectivity index (χ1n) is 8.90. The molecule has 1 atom stereocenters. The number of fused-ring (bicyclic) bond motifs is 1. The first-order chi connectivity index (χ1) is 14.2. The summed E-state index contributed by atoms with van der Waals surface area (Å²) in [5.74, 6) is -1.63. The van der Waals surface area contributed by atoms with Crippen LogP contribution in [0.15, 0.2) is 89.9 Å². The van der Waals surface area contributed by atoms with Crippen molar-refractivity contribution in [2.24, 2.45) is 4.99 Å². The largest absolute Gasteiger partial charge is 0.449 e. The molecule has 0 radical (unpaired) electrons. The van der Waals surface area contributed by atoms with Gasteiger partial charge in [0.15, 0.2) is 5.54 Å². The highest BCUT2D eigenvalue weighted by molar-refractivity contribution is 6.07. The van der Waals surface area contributed by atoms with Crippen molar-refractivity contribution in [2.75, 3.05) is 4.90 Å². The van der Waals surface area contributed by atoms with Crippen LogP contribution in [0, 0.1) is 0 Å². The number of benzene rings is 3. The first-order valence-corrected chi connectivity index (χ1v) is 8.90. The maximum Gasteiger partial charge on any atom is 0.449 e. The van der Waals surface area contributed by atoms with Crippen molar-refractivity contribution in [1.82, 2.24) is 0 Å². The minimum atomic E-state index is -5.13. The SMILES string of the molecule is FC(F)(F)C1=Nc2ccccc2C(c2ccccc2)(C(F)(F)F)N1c1ccccc1. The minimum Gasteiger partial charge on any atom is -0.299 e. The molecule has 0 aromatic heterocycles. The van der Waals surface area contributed by atoms with Gasteiger partial charge in [-0.3, -0.25) is 4.90 Å². The topological polar surface area (TPSA) is 15.6 Å². The first kappa shape index (κ1) is 20.0. The van der Waals surface area contributed by atoms with Crippen LogP contribution >= 0.6 is 0 Å². The van der Waals surface area contributed by atoms with Crippen molar-refractivity contribution in [3.63, 3.8) is 0 Å². The van der Waals surface area contributed by atoms with E-state index in [9.17, 15) is 26.3 Å². The monoisotopic (exact) mass is 420 g/mol. The molecule has 1 aliphatic rings. The summed E-state index contributed by atoms with van der Waals surface area (Å²) in [6.45, 7) is 0. The molecule has 1 heterocycles. The molecule has 0 aliphatic carbocycles. The summed E-state index contributed by atoms with van der Waals surface area (Å²) in [5.41, 5.74) is -4.49. The smallest absolute Gasteiger partial charge is 0.299 e. The molecule has 2 nitrogen and oxygen atoms in total. The molecule has 3 aromatic carbocycles. The van der Waals surface area contributed by atoms with Gasteiger partial charge < -0.3 is 0 Å². The number of nitrogens with zero attached hydrogens (tertiary/aromatic N) is 2. The average molecular weight is 420 g/mol. The number of hydrogen-bond acceptors (Lipinski definition) is 2. The zero-order valence-electron chi connectivity index (χ0n) is 15.2. The van der Waals surface area contributed by atoms with Gasteiger partial charge in [-0.15, -0.1) is 0 Å². The summed E-state index contributed by atoms with van der Waals surface area (Å²) in [5, 5.41) is 0. The van der Waals surface area contributed by atoms with Gasteiger partial charge in [-0.25, -0.2) is 4.99 Å². The van der Waals surface area contributed by atoms with Gasteiger partial charge in [-0.1, -0.05) is 66.7 Å². The summed E-state index contributed by atoms with van der Waals surface area (Å²) in [7, 11) is 0. The van der Waals surface area contributed by atoms with Crippen LogP contribution < -0.4 is 4.90 Å². The number of para-hydroxylation sites is 2. The van der Waals surface area contributed by atoms with E-state index in [1.54, 1.807) is 0 Å². The highest BCUT2D eigenvalue weighted by Gasteiger charge is 2.66. The van der Waals surface area contributed by atoms with E-state index in [4.69, 9.17) is 0 Å². The molecule has 0 amide bonds. The molecule has 0 spiro atoms. The van der Waals surface area contributed by atoms with Gasteiger partial charge in [0.2, 0.25) is 5.84 Å². The lowest BCUT2D eigenvalue weighted by atomic mass is 9.77. The lowest BCUT2D eigenvalue weighted by Crippen LogP contribution is -2.63.